The van der Waals surface area contributed by atoms with Crippen LogP contribution >= 0.6 is 0 Å². The van der Waals surface area contributed by atoms with Crippen molar-refractivity contribution in [2.45, 2.75) is 158 Å². The summed E-state index contributed by atoms with van der Waals surface area (Å²) in [6.45, 7) is 26.3. The number of quaternary nitrogens is 1. The van der Waals surface area contributed by atoms with Crippen molar-refractivity contribution in [3.8, 4) is 0 Å². The number of nitrogens with zero attached hydrogens (tertiary/aromatic N) is 3. The molecule has 4 aliphatic heterocycles. The summed E-state index contributed by atoms with van der Waals surface area (Å²) in [4.78, 5) is 52.1. The molecule has 0 spiro atoms. The molecule has 5 aliphatic rings. The fourth-order valence-corrected chi connectivity index (χ4v) is 11.2. The first-order valence-corrected chi connectivity index (χ1v) is 24.7. The molecule has 0 amide bonds. The molecule has 0 saturated carbocycles. The predicted octanol–water partition coefficient (Wildman–Crippen LogP) is 7.78. The largest absolute Gasteiger partial charge is 2.00 e. The fourth-order valence-electron chi connectivity index (χ4n) is 11.2. The summed E-state index contributed by atoms with van der Waals surface area (Å²) in [6, 6.07) is -0.559. The Morgan fingerprint density at radius 1 is 0.939 bits per heavy atom. The molecule has 2 aromatic rings. The molecular formula is C55H75MgN5O5. The molecule has 1 aliphatic carbocycles. The molecule has 6 heterocycles. The van der Waals surface area contributed by atoms with Crippen molar-refractivity contribution in [3.63, 3.8) is 0 Å². The van der Waals surface area contributed by atoms with Crippen LogP contribution in [0.25, 0.3) is 29.6 Å². The van der Waals surface area contributed by atoms with E-state index in [1.54, 1.807) is 0 Å². The quantitative estimate of drug-likeness (QED) is 0.0452. The van der Waals surface area contributed by atoms with Gasteiger partial charge in [0, 0.05) is 17.6 Å². The van der Waals surface area contributed by atoms with Crippen LogP contribution in [0.1, 0.15) is 160 Å². The van der Waals surface area contributed by atoms with Gasteiger partial charge >= 0.3 is 35.0 Å². The molecule has 2 fully saturated rings. The number of aromatic nitrogens is 2. The van der Waals surface area contributed by atoms with E-state index in [2.05, 4.69) is 79.5 Å². The number of esters is 2. The van der Waals surface area contributed by atoms with Crippen molar-refractivity contribution in [1.82, 2.24) is 15.4 Å². The number of hydrogen-bond donors (Lipinski definition) is 2. The molecule has 352 valence electrons. The van der Waals surface area contributed by atoms with E-state index in [9.17, 15) is 14.4 Å². The van der Waals surface area contributed by atoms with Crippen LogP contribution < -0.4 is 31.1 Å². The van der Waals surface area contributed by atoms with E-state index in [1.807, 2.05) is 32.1 Å². The van der Waals surface area contributed by atoms with Crippen LogP contribution in [0.2, 0.25) is 0 Å². The predicted molar refractivity (Wildman–Crippen MR) is 265 cm³/mol. The first kappa shape index (κ1) is 51.5. The maximum atomic E-state index is 14.6. The van der Waals surface area contributed by atoms with E-state index in [0.717, 1.165) is 103 Å². The van der Waals surface area contributed by atoms with Gasteiger partial charge in [-0.05, 0) is 101 Å². The van der Waals surface area contributed by atoms with Crippen LogP contribution in [0.5, 0.6) is 0 Å². The van der Waals surface area contributed by atoms with E-state index in [4.69, 9.17) is 24.8 Å². The van der Waals surface area contributed by atoms with Crippen molar-refractivity contribution >= 4 is 65.1 Å². The Labute approximate surface area is 410 Å². The number of fused-ring (bicyclic) bond motifs is 7. The van der Waals surface area contributed by atoms with Gasteiger partial charge in [0.25, 0.3) is 5.66 Å². The summed E-state index contributed by atoms with van der Waals surface area (Å²) < 4.78 is 11.2. The van der Waals surface area contributed by atoms with Gasteiger partial charge in [-0.2, -0.15) is 10.7 Å². The van der Waals surface area contributed by atoms with Gasteiger partial charge in [-0.1, -0.05) is 145 Å². The third kappa shape index (κ3) is 10.2. The monoisotopic (exact) mass is 910 g/mol. The number of ketones is 1. The number of carbonyl (C=O) groups is 3. The number of rotatable bonds is 20. The number of nitrogens with one attached hydrogen (secondary N) is 2. The van der Waals surface area contributed by atoms with Crippen LogP contribution in [-0.2, 0) is 30.3 Å². The number of ether oxygens (including phenoxy) is 2. The second-order valence-electron chi connectivity index (χ2n) is 20.4. The van der Waals surface area contributed by atoms with Crippen LogP contribution in [-0.4, -0.2) is 66.2 Å². The summed E-state index contributed by atoms with van der Waals surface area (Å²) in [5.41, 5.74) is 13.6. The summed E-state index contributed by atoms with van der Waals surface area (Å²) >= 11 is 0. The molecule has 8 atom stereocenters. The molecule has 66 heavy (non-hydrogen) atoms. The zero-order valence-corrected chi connectivity index (χ0v) is 43.3. The average molecular weight is 911 g/mol. The van der Waals surface area contributed by atoms with Crippen LogP contribution in [0.3, 0.4) is 0 Å². The minimum atomic E-state index is -1.13. The second-order valence-corrected chi connectivity index (χ2v) is 20.4. The normalized spacial score (nSPS) is 26.7. The Morgan fingerprint density at radius 3 is 2.27 bits per heavy atom. The number of allylic oxidation sites excluding steroid dienone is 3. The summed E-state index contributed by atoms with van der Waals surface area (Å²) in [5.74, 6) is -0.248. The van der Waals surface area contributed by atoms with Gasteiger partial charge in [0.05, 0.1) is 12.7 Å². The second kappa shape index (κ2) is 21.6. The Bertz CT molecular complexity index is 2450. The van der Waals surface area contributed by atoms with E-state index < -0.39 is 23.6 Å². The topological polar surface area (TPSA) is 138 Å². The Morgan fingerprint density at radius 2 is 1.62 bits per heavy atom. The van der Waals surface area contributed by atoms with Crippen molar-refractivity contribution < 1.29 is 28.9 Å². The smallest absolute Gasteiger partial charge is 0.681 e. The van der Waals surface area contributed by atoms with Gasteiger partial charge in [-0.3, -0.25) is 14.4 Å². The third-order valence-corrected chi connectivity index (χ3v) is 15.4. The Balaban J connectivity index is 0.00000720. The molecule has 2 aromatic heterocycles. The standard InChI is InChI=1S/C55H74N5O5.Mg/c1-13-39-35(8)42-28-44-37(10)41(24-25-47(61)65-27-26-34(7)23-17-22-33(6)21-16-20-32(5)19-15-18-31(3)4)51(58-44)49-50(54(63)64-12)53(62)48-38(11)55(59-60(55)52(48)49)30-46-40(14-2)36(9)43(57-46)29-45(39)56-42;/h13,26,28-33,37,41,50-51,59H,1,14-25,27H2,2-12H3;/q-3;+2/p+1/b34-26+,43-29-,44-28-,46-30-;/t32-,33-,37+,41+,50-,51?,55+,60?;/m1./s1. The number of Topliss-reactive ketones (excluding diaryl/α,β-unsaturated/α-hetero) is 1. The van der Waals surface area contributed by atoms with Crippen LogP contribution in [0, 0.1) is 49.4 Å². The summed E-state index contributed by atoms with van der Waals surface area (Å²) in [6.07, 6.45) is 22.9. The minimum Gasteiger partial charge on any atom is -0.681 e. The van der Waals surface area contributed by atoms with Crippen LogP contribution in [0.15, 0.2) is 46.3 Å². The molecule has 2 saturated heterocycles. The minimum absolute atomic E-state index is 0. The molecule has 11 heteroatoms. The molecule has 2 N–H and O–H groups in total. The van der Waals surface area contributed by atoms with E-state index in [0.29, 0.717) is 17.6 Å². The average Bonchev–Trinajstić information content (AvgIpc) is 3.41. The van der Waals surface area contributed by atoms with Gasteiger partial charge in [0.15, 0.2) is 11.5 Å². The zero-order valence-electron chi connectivity index (χ0n) is 41.9. The molecule has 0 radical (unpaired) electrons. The van der Waals surface area contributed by atoms with Gasteiger partial charge < -0.3 is 24.8 Å². The van der Waals surface area contributed by atoms with Crippen molar-refractivity contribution in [2.75, 3.05) is 13.7 Å². The fraction of sp³-hybridized carbons (Fsp3) is 0.582. The van der Waals surface area contributed by atoms with Gasteiger partial charge in [-0.15, -0.1) is 22.1 Å². The Kier molecular flexibility index (Phi) is 16.8. The van der Waals surface area contributed by atoms with Gasteiger partial charge in [0.2, 0.25) is 0 Å². The van der Waals surface area contributed by atoms with Gasteiger partial charge in [0.1, 0.15) is 12.5 Å². The van der Waals surface area contributed by atoms with E-state index in [-0.39, 0.29) is 59.7 Å². The first-order valence-electron chi connectivity index (χ1n) is 24.7. The zero-order chi connectivity index (χ0) is 46.9. The van der Waals surface area contributed by atoms with E-state index >= 15 is 0 Å². The Hall–Kier alpha value is -3.90. The summed E-state index contributed by atoms with van der Waals surface area (Å²) in [7, 11) is 1.33. The molecule has 7 rings (SSSR count). The van der Waals surface area contributed by atoms with E-state index in [1.165, 1.54) is 57.6 Å². The molecular weight excluding hydrogens is 835 g/mol. The molecule has 2 unspecified atom stereocenters. The molecule has 0 aromatic carbocycles. The van der Waals surface area contributed by atoms with Crippen molar-refractivity contribution in [1.29, 1.82) is 0 Å². The first-order chi connectivity index (χ1) is 31.0. The van der Waals surface area contributed by atoms with Crippen molar-refractivity contribution in [3.05, 3.63) is 96.0 Å². The maximum absolute atomic E-state index is 14.6. The number of hydrogen-bond acceptors (Lipinski definition) is 6. The molecule has 8 bridgehead atoms. The van der Waals surface area contributed by atoms with Crippen molar-refractivity contribution in [2.24, 2.45) is 35.5 Å². The molecule has 10 nitrogen and oxygen atoms in total. The SMILES string of the molecule is C=Cc1c2[n-]c(c1C)/C=C1\[N-]C(C3=C4C(=C(C)[C@@]5(/C=c6\[n-]/c(c(C)c6CC)=C\2)N[NH+]45)C(=O)[C@@H]3C(=O)OC)[C@@H](CCC(=O)OC/C=C(\C)CCC[C@H](C)CCC[C@H](C)CCCC(C)C)[C@@H]1C.[Mg+2]. The van der Waals surface area contributed by atoms with Crippen LogP contribution in [0.4, 0.5) is 0 Å². The maximum Gasteiger partial charge on any atom is 2.00 e. The summed E-state index contributed by atoms with van der Waals surface area (Å²) in [5, 5.41) is 8.02. The number of methoxy groups -OCH3 is 1. The van der Waals surface area contributed by atoms with Gasteiger partial charge in [-0.25, -0.2) is 0 Å². The third-order valence-electron chi connectivity index (χ3n) is 15.4. The number of carbonyl (C=O) groups excluding carboxylic acids is 3.